The van der Waals surface area contributed by atoms with Gasteiger partial charge >= 0.3 is 5.69 Å². The van der Waals surface area contributed by atoms with Gasteiger partial charge in [-0.15, -0.1) is 0 Å². The third kappa shape index (κ3) is 3.75. The zero-order chi connectivity index (χ0) is 18.5. The van der Waals surface area contributed by atoms with E-state index in [1.165, 1.54) is 30.6 Å². The van der Waals surface area contributed by atoms with Crippen LogP contribution in [0.15, 0.2) is 30.6 Å². The summed E-state index contributed by atoms with van der Waals surface area (Å²) in [6.07, 6.45) is 1.23. The summed E-state index contributed by atoms with van der Waals surface area (Å²) in [7, 11) is 0. The molecule has 2 aromatic rings. The lowest BCUT2D eigenvalue weighted by atomic mass is 10.3. The average molecular weight is 361 g/mol. The number of morpholine rings is 1. The molecule has 0 spiro atoms. The largest absolute Gasteiger partial charge is 0.378 e. The van der Waals surface area contributed by atoms with E-state index in [2.05, 4.69) is 20.8 Å². The summed E-state index contributed by atoms with van der Waals surface area (Å²) in [5, 5.41) is 22.2. The number of hydrazine groups is 1. The number of rotatable bonds is 6. The highest BCUT2D eigenvalue weighted by Crippen LogP contribution is 2.32. The van der Waals surface area contributed by atoms with Crippen LogP contribution in [0.2, 0.25) is 0 Å². The molecular weight excluding hydrogens is 346 g/mol. The number of hydrogen-bond donors (Lipinski definition) is 2. The topological polar surface area (TPSA) is 149 Å². The van der Waals surface area contributed by atoms with Gasteiger partial charge in [0.15, 0.2) is 0 Å². The Bertz CT molecular complexity index is 808. The van der Waals surface area contributed by atoms with E-state index in [0.717, 1.165) is 0 Å². The van der Waals surface area contributed by atoms with Gasteiger partial charge in [-0.05, 0) is 12.1 Å². The standard InChI is InChI=1S/C14H15N7O5/c22-20(23)11-3-1-10(2-4-11)17-18-13-12(21(24)25)14(16-9-15-13)19-5-7-26-8-6-19/h1-4,9,17H,5-8H2,(H,15,16,18). The third-order valence-corrected chi connectivity index (χ3v) is 3.70. The van der Waals surface area contributed by atoms with Gasteiger partial charge in [0.05, 0.1) is 28.7 Å². The molecule has 0 amide bonds. The molecule has 0 atom stereocenters. The first-order valence-corrected chi connectivity index (χ1v) is 7.65. The van der Waals surface area contributed by atoms with E-state index in [1.807, 2.05) is 0 Å². The normalized spacial score (nSPS) is 13.9. The molecule has 1 aromatic carbocycles. The van der Waals surface area contributed by atoms with Crippen LogP contribution in [0.1, 0.15) is 0 Å². The number of nitrogens with zero attached hydrogens (tertiary/aromatic N) is 5. The van der Waals surface area contributed by atoms with Crippen LogP contribution >= 0.6 is 0 Å². The molecule has 26 heavy (non-hydrogen) atoms. The Morgan fingerprint density at radius 2 is 1.69 bits per heavy atom. The van der Waals surface area contributed by atoms with Crippen molar-refractivity contribution in [1.29, 1.82) is 0 Å². The van der Waals surface area contributed by atoms with Crippen molar-refractivity contribution in [2.24, 2.45) is 0 Å². The van der Waals surface area contributed by atoms with Gasteiger partial charge in [0.25, 0.3) is 5.69 Å². The average Bonchev–Trinajstić information content (AvgIpc) is 2.67. The Kier molecular flexibility index (Phi) is 5.03. The van der Waals surface area contributed by atoms with E-state index in [9.17, 15) is 20.2 Å². The molecule has 1 aliphatic heterocycles. The van der Waals surface area contributed by atoms with Gasteiger partial charge in [0.2, 0.25) is 11.6 Å². The summed E-state index contributed by atoms with van der Waals surface area (Å²) < 4.78 is 5.25. The Labute approximate surface area is 147 Å². The maximum atomic E-state index is 11.5. The van der Waals surface area contributed by atoms with Crippen LogP contribution < -0.4 is 15.8 Å². The van der Waals surface area contributed by atoms with Gasteiger partial charge in [-0.2, -0.15) is 0 Å². The number of non-ortho nitro benzene ring substituents is 1. The smallest absolute Gasteiger partial charge is 0.355 e. The number of nitrogens with one attached hydrogen (secondary N) is 2. The quantitative estimate of drug-likeness (QED) is 0.573. The van der Waals surface area contributed by atoms with Gasteiger partial charge in [-0.1, -0.05) is 0 Å². The van der Waals surface area contributed by atoms with Gasteiger partial charge in [-0.25, -0.2) is 9.97 Å². The molecule has 1 aromatic heterocycles. The molecule has 0 aliphatic carbocycles. The van der Waals surface area contributed by atoms with Crippen molar-refractivity contribution in [2.45, 2.75) is 0 Å². The van der Waals surface area contributed by atoms with E-state index < -0.39 is 9.85 Å². The molecule has 0 saturated carbocycles. The van der Waals surface area contributed by atoms with Crippen molar-refractivity contribution in [3.05, 3.63) is 50.8 Å². The summed E-state index contributed by atoms with van der Waals surface area (Å²) in [6.45, 7) is 1.91. The van der Waals surface area contributed by atoms with Crippen LogP contribution in [-0.2, 0) is 4.74 Å². The SMILES string of the molecule is O=[N+]([O-])c1ccc(NNc2ncnc(N3CCOCC3)c2[N+](=O)[O-])cc1. The number of ether oxygens (including phenoxy) is 1. The first-order chi connectivity index (χ1) is 12.6. The summed E-state index contributed by atoms with van der Waals surface area (Å²) in [6, 6.07) is 5.58. The van der Waals surface area contributed by atoms with E-state index >= 15 is 0 Å². The zero-order valence-corrected chi connectivity index (χ0v) is 13.5. The fourth-order valence-corrected chi connectivity index (χ4v) is 2.43. The molecule has 0 unspecified atom stereocenters. The van der Waals surface area contributed by atoms with Gasteiger partial charge < -0.3 is 9.64 Å². The molecule has 2 N–H and O–H groups in total. The van der Waals surface area contributed by atoms with Crippen molar-refractivity contribution in [2.75, 3.05) is 42.1 Å². The molecule has 12 nitrogen and oxygen atoms in total. The fourth-order valence-electron chi connectivity index (χ4n) is 2.43. The lowest BCUT2D eigenvalue weighted by Gasteiger charge is -2.27. The Hall–Kier alpha value is -3.54. The van der Waals surface area contributed by atoms with E-state index in [-0.39, 0.29) is 23.0 Å². The molecule has 0 radical (unpaired) electrons. The van der Waals surface area contributed by atoms with Crippen LogP contribution in [0.25, 0.3) is 0 Å². The number of anilines is 3. The second-order valence-corrected chi connectivity index (χ2v) is 5.31. The lowest BCUT2D eigenvalue weighted by molar-refractivity contribution is -0.384. The minimum absolute atomic E-state index is 0.00940. The second kappa shape index (κ2) is 7.57. The van der Waals surface area contributed by atoms with Crippen molar-refractivity contribution in [3.8, 4) is 0 Å². The molecule has 2 heterocycles. The van der Waals surface area contributed by atoms with Crippen LogP contribution in [0.4, 0.5) is 28.7 Å². The molecule has 0 bridgehead atoms. The van der Waals surface area contributed by atoms with Crippen LogP contribution in [0, 0.1) is 20.2 Å². The maximum Gasteiger partial charge on any atom is 0.355 e. The van der Waals surface area contributed by atoms with Crippen LogP contribution in [0.3, 0.4) is 0 Å². The van der Waals surface area contributed by atoms with Crippen molar-refractivity contribution in [3.63, 3.8) is 0 Å². The monoisotopic (exact) mass is 361 g/mol. The lowest BCUT2D eigenvalue weighted by Crippen LogP contribution is -2.37. The molecule has 12 heteroatoms. The molecular formula is C14H15N7O5. The minimum Gasteiger partial charge on any atom is -0.378 e. The molecule has 1 saturated heterocycles. The fraction of sp³-hybridized carbons (Fsp3) is 0.286. The first kappa shape index (κ1) is 17.3. The molecule has 136 valence electrons. The van der Waals surface area contributed by atoms with Gasteiger partial charge in [0.1, 0.15) is 6.33 Å². The second-order valence-electron chi connectivity index (χ2n) is 5.31. The van der Waals surface area contributed by atoms with E-state index in [1.54, 1.807) is 4.90 Å². The summed E-state index contributed by atoms with van der Waals surface area (Å²) >= 11 is 0. The Morgan fingerprint density at radius 1 is 1.00 bits per heavy atom. The number of nitro groups is 2. The maximum absolute atomic E-state index is 11.5. The van der Waals surface area contributed by atoms with Gasteiger partial charge in [0, 0.05) is 25.2 Å². The molecule has 1 aliphatic rings. The van der Waals surface area contributed by atoms with Gasteiger partial charge in [-0.3, -0.25) is 31.1 Å². The number of hydrogen-bond acceptors (Lipinski definition) is 10. The Morgan fingerprint density at radius 3 is 2.31 bits per heavy atom. The zero-order valence-electron chi connectivity index (χ0n) is 13.5. The third-order valence-electron chi connectivity index (χ3n) is 3.70. The van der Waals surface area contributed by atoms with E-state index in [4.69, 9.17) is 4.74 Å². The highest BCUT2D eigenvalue weighted by Gasteiger charge is 2.28. The van der Waals surface area contributed by atoms with Crippen molar-refractivity contribution >= 4 is 28.7 Å². The summed E-state index contributed by atoms with van der Waals surface area (Å²) in [4.78, 5) is 30.9. The number of aromatic nitrogens is 2. The predicted octanol–water partition coefficient (Wildman–Crippen LogP) is 1.57. The highest BCUT2D eigenvalue weighted by atomic mass is 16.6. The first-order valence-electron chi connectivity index (χ1n) is 7.65. The van der Waals surface area contributed by atoms with Crippen molar-refractivity contribution < 1.29 is 14.6 Å². The van der Waals surface area contributed by atoms with Crippen LogP contribution in [-0.4, -0.2) is 46.1 Å². The molecule has 1 fully saturated rings. The van der Waals surface area contributed by atoms with E-state index in [0.29, 0.717) is 32.0 Å². The van der Waals surface area contributed by atoms with Crippen molar-refractivity contribution in [1.82, 2.24) is 9.97 Å². The number of nitro benzene ring substituents is 1. The van der Waals surface area contributed by atoms with Crippen LogP contribution in [0.5, 0.6) is 0 Å². The summed E-state index contributed by atoms with van der Waals surface area (Å²) in [5.74, 6) is 0.200. The highest BCUT2D eigenvalue weighted by molar-refractivity contribution is 5.71. The Balaban J connectivity index is 1.80. The summed E-state index contributed by atoms with van der Waals surface area (Å²) in [5.41, 5.74) is 5.58. The number of benzene rings is 1. The predicted molar refractivity (Wildman–Crippen MR) is 92.1 cm³/mol. The molecule has 3 rings (SSSR count). The minimum atomic E-state index is -0.551.